The summed E-state index contributed by atoms with van der Waals surface area (Å²) in [6, 6.07) is 13.6. The van der Waals surface area contributed by atoms with E-state index in [0.29, 0.717) is 17.9 Å². The first-order valence-corrected chi connectivity index (χ1v) is 6.13. The molecular weight excluding hydrogens is 236 g/mol. The van der Waals surface area contributed by atoms with E-state index in [1.54, 1.807) is 6.08 Å². The Morgan fingerprint density at radius 3 is 2.53 bits per heavy atom. The van der Waals surface area contributed by atoms with E-state index in [4.69, 9.17) is 4.74 Å². The number of aryl methyl sites for hydroxylation is 1. The number of aldehydes is 1. The van der Waals surface area contributed by atoms with E-state index in [-0.39, 0.29) is 0 Å². The molecule has 0 heterocycles. The first-order valence-electron chi connectivity index (χ1n) is 6.13. The van der Waals surface area contributed by atoms with Gasteiger partial charge in [-0.05, 0) is 29.7 Å². The molecule has 2 aromatic rings. The van der Waals surface area contributed by atoms with Gasteiger partial charge in [0.05, 0.1) is 5.56 Å². The van der Waals surface area contributed by atoms with Crippen molar-refractivity contribution < 1.29 is 9.53 Å². The van der Waals surface area contributed by atoms with Gasteiger partial charge in [0.2, 0.25) is 0 Å². The Labute approximate surface area is 113 Å². The van der Waals surface area contributed by atoms with Gasteiger partial charge in [-0.1, -0.05) is 49.1 Å². The summed E-state index contributed by atoms with van der Waals surface area (Å²) in [5, 5.41) is 0. The second-order valence-corrected chi connectivity index (χ2v) is 4.34. The summed E-state index contributed by atoms with van der Waals surface area (Å²) in [6.45, 7) is 6.06. The molecule has 2 rings (SSSR count). The summed E-state index contributed by atoms with van der Waals surface area (Å²) in [6.07, 6.45) is 2.64. The summed E-state index contributed by atoms with van der Waals surface area (Å²) in [7, 11) is 0. The monoisotopic (exact) mass is 252 g/mol. The first-order chi connectivity index (χ1) is 9.24. The van der Waals surface area contributed by atoms with Crippen molar-refractivity contribution in [2.45, 2.75) is 13.5 Å². The summed E-state index contributed by atoms with van der Waals surface area (Å²) in [5.41, 5.74) is 3.68. The van der Waals surface area contributed by atoms with Gasteiger partial charge in [0.25, 0.3) is 0 Å². The number of carbonyl (C=O) groups is 1. The number of benzene rings is 2. The smallest absolute Gasteiger partial charge is 0.154 e. The quantitative estimate of drug-likeness (QED) is 0.751. The van der Waals surface area contributed by atoms with Crippen molar-refractivity contribution in [2.75, 3.05) is 0 Å². The van der Waals surface area contributed by atoms with Crippen LogP contribution in [0.4, 0.5) is 0 Å². The molecule has 19 heavy (non-hydrogen) atoms. The minimum Gasteiger partial charge on any atom is -0.488 e. The van der Waals surface area contributed by atoms with Gasteiger partial charge in [0, 0.05) is 0 Å². The highest BCUT2D eigenvalue weighted by atomic mass is 16.5. The molecule has 0 aliphatic heterocycles. The van der Waals surface area contributed by atoms with Crippen molar-refractivity contribution in [3.8, 4) is 5.75 Å². The number of hydrogen-bond acceptors (Lipinski definition) is 2. The van der Waals surface area contributed by atoms with Crippen molar-refractivity contribution in [1.29, 1.82) is 0 Å². The summed E-state index contributed by atoms with van der Waals surface area (Å²) in [4.78, 5) is 11.1. The molecule has 2 heteroatoms. The van der Waals surface area contributed by atoms with Gasteiger partial charge in [-0.3, -0.25) is 4.79 Å². The third-order valence-electron chi connectivity index (χ3n) is 3.01. The van der Waals surface area contributed by atoms with Crippen LogP contribution in [0.25, 0.3) is 6.08 Å². The van der Waals surface area contributed by atoms with Crippen LogP contribution in [-0.2, 0) is 6.61 Å². The van der Waals surface area contributed by atoms with Crippen LogP contribution >= 0.6 is 0 Å². The first kappa shape index (κ1) is 13.1. The third kappa shape index (κ3) is 3.10. The van der Waals surface area contributed by atoms with Crippen LogP contribution in [-0.4, -0.2) is 6.29 Å². The molecular formula is C17H16O2. The molecule has 0 aromatic heterocycles. The average molecular weight is 252 g/mol. The summed E-state index contributed by atoms with van der Waals surface area (Å²) < 4.78 is 5.71. The van der Waals surface area contributed by atoms with Crippen molar-refractivity contribution in [3.63, 3.8) is 0 Å². The minimum atomic E-state index is 0.446. The molecule has 0 unspecified atom stereocenters. The lowest BCUT2D eigenvalue weighted by Gasteiger charge is -2.10. The van der Waals surface area contributed by atoms with Crippen LogP contribution in [0.3, 0.4) is 0 Å². The molecule has 0 amide bonds. The number of hydrogen-bond donors (Lipinski definition) is 0. The molecule has 0 saturated heterocycles. The molecule has 0 aliphatic carbocycles. The molecule has 0 N–H and O–H groups in total. The molecule has 0 spiro atoms. The number of carbonyl (C=O) groups excluding carboxylic acids is 1. The van der Waals surface area contributed by atoms with Gasteiger partial charge in [0.15, 0.2) is 6.29 Å². The maximum Gasteiger partial charge on any atom is 0.154 e. The molecule has 2 nitrogen and oxygen atoms in total. The van der Waals surface area contributed by atoms with Crippen LogP contribution in [0.5, 0.6) is 5.75 Å². The molecule has 2 aromatic carbocycles. The fraction of sp³-hybridized carbons (Fsp3) is 0.118. The predicted molar refractivity (Wildman–Crippen MR) is 77.4 cm³/mol. The maximum atomic E-state index is 11.1. The largest absolute Gasteiger partial charge is 0.488 e. The molecule has 0 aliphatic rings. The minimum absolute atomic E-state index is 0.446. The second-order valence-electron chi connectivity index (χ2n) is 4.34. The zero-order valence-corrected chi connectivity index (χ0v) is 10.9. The van der Waals surface area contributed by atoms with E-state index >= 15 is 0 Å². The highest BCUT2D eigenvalue weighted by Crippen LogP contribution is 2.21. The van der Waals surface area contributed by atoms with Crippen molar-refractivity contribution >= 4 is 12.4 Å². The van der Waals surface area contributed by atoms with Gasteiger partial charge in [-0.2, -0.15) is 0 Å². The van der Waals surface area contributed by atoms with Crippen LogP contribution in [0.15, 0.2) is 49.0 Å². The fourth-order valence-electron chi connectivity index (χ4n) is 1.84. The lowest BCUT2D eigenvalue weighted by atomic mass is 10.1. The molecule has 96 valence electrons. The van der Waals surface area contributed by atoms with Crippen LogP contribution in [0, 0.1) is 6.92 Å². The van der Waals surface area contributed by atoms with E-state index in [1.807, 2.05) is 49.4 Å². The summed E-state index contributed by atoms with van der Waals surface area (Å²) in [5.74, 6) is 0.628. The van der Waals surface area contributed by atoms with E-state index in [2.05, 4.69) is 6.58 Å². The Kier molecular flexibility index (Phi) is 4.14. The zero-order chi connectivity index (χ0) is 13.7. The summed E-state index contributed by atoms with van der Waals surface area (Å²) >= 11 is 0. The molecule has 0 atom stereocenters. The average Bonchev–Trinajstić information content (AvgIpc) is 2.45. The van der Waals surface area contributed by atoms with Gasteiger partial charge < -0.3 is 4.74 Å². The lowest BCUT2D eigenvalue weighted by Crippen LogP contribution is -1.99. The van der Waals surface area contributed by atoms with Gasteiger partial charge in [0.1, 0.15) is 12.4 Å². The van der Waals surface area contributed by atoms with E-state index in [1.165, 1.54) is 0 Å². The molecule has 0 radical (unpaired) electrons. The Morgan fingerprint density at radius 2 is 1.89 bits per heavy atom. The number of ether oxygens (including phenoxy) is 1. The van der Waals surface area contributed by atoms with Gasteiger partial charge >= 0.3 is 0 Å². The van der Waals surface area contributed by atoms with Crippen molar-refractivity contribution in [1.82, 2.24) is 0 Å². The molecule has 0 bridgehead atoms. The Hall–Kier alpha value is -2.35. The standard InChI is InChI=1S/C17H16O2/c1-3-14-7-9-15(10-8-14)12-19-17-6-4-5-13(2)16(17)11-18/h3-11H,1,12H2,2H3. The SMILES string of the molecule is C=Cc1ccc(COc2cccc(C)c2C=O)cc1. The normalized spacial score (nSPS) is 9.95. The van der Waals surface area contributed by atoms with E-state index in [9.17, 15) is 4.79 Å². The van der Waals surface area contributed by atoms with E-state index in [0.717, 1.165) is 23.0 Å². The number of rotatable bonds is 5. The van der Waals surface area contributed by atoms with Crippen LogP contribution < -0.4 is 4.74 Å². The highest BCUT2D eigenvalue weighted by Gasteiger charge is 2.05. The van der Waals surface area contributed by atoms with E-state index < -0.39 is 0 Å². The fourth-order valence-corrected chi connectivity index (χ4v) is 1.84. The van der Waals surface area contributed by atoms with Crippen LogP contribution in [0.2, 0.25) is 0 Å². The predicted octanol–water partition coefficient (Wildman–Crippen LogP) is 4.03. The third-order valence-corrected chi connectivity index (χ3v) is 3.01. The van der Waals surface area contributed by atoms with Crippen molar-refractivity contribution in [3.05, 3.63) is 71.3 Å². The maximum absolute atomic E-state index is 11.1. The van der Waals surface area contributed by atoms with Gasteiger partial charge in [-0.25, -0.2) is 0 Å². The van der Waals surface area contributed by atoms with Crippen molar-refractivity contribution in [2.24, 2.45) is 0 Å². The van der Waals surface area contributed by atoms with Gasteiger partial charge in [-0.15, -0.1) is 0 Å². The Morgan fingerprint density at radius 1 is 1.16 bits per heavy atom. The highest BCUT2D eigenvalue weighted by molar-refractivity contribution is 5.81. The lowest BCUT2D eigenvalue weighted by molar-refractivity contribution is 0.111. The second kappa shape index (κ2) is 6.01. The zero-order valence-electron chi connectivity index (χ0n) is 10.9. The Balaban J connectivity index is 2.11. The molecule has 0 fully saturated rings. The Bertz CT molecular complexity index is 583. The topological polar surface area (TPSA) is 26.3 Å². The van der Waals surface area contributed by atoms with Crippen LogP contribution in [0.1, 0.15) is 27.0 Å². The molecule has 0 saturated carbocycles.